The third kappa shape index (κ3) is 2.26. The summed E-state index contributed by atoms with van der Waals surface area (Å²) in [6.45, 7) is 5.93. The van der Waals surface area contributed by atoms with E-state index in [4.69, 9.17) is 4.74 Å². The lowest BCUT2D eigenvalue weighted by atomic mass is 10.2. The van der Waals surface area contributed by atoms with Gasteiger partial charge in [-0.15, -0.1) is 11.3 Å². The van der Waals surface area contributed by atoms with E-state index in [9.17, 15) is 5.11 Å². The van der Waals surface area contributed by atoms with Crippen molar-refractivity contribution in [3.63, 3.8) is 0 Å². The standard InChI is InChI=1S/C12H17N3O2S/c1-7(2)15-10(9(17-4)5-13-15)11(16)12-14-8(3)6-18-12/h5-7,11,16H,1-4H3. The highest BCUT2D eigenvalue weighted by Gasteiger charge is 2.24. The van der Waals surface area contributed by atoms with Gasteiger partial charge in [-0.25, -0.2) is 4.98 Å². The van der Waals surface area contributed by atoms with Gasteiger partial charge in [-0.05, 0) is 20.8 Å². The normalized spacial score (nSPS) is 13.0. The van der Waals surface area contributed by atoms with Gasteiger partial charge in [0.2, 0.25) is 0 Å². The lowest BCUT2D eigenvalue weighted by Crippen LogP contribution is -2.13. The van der Waals surface area contributed by atoms with E-state index in [-0.39, 0.29) is 6.04 Å². The minimum absolute atomic E-state index is 0.152. The number of hydrogen-bond acceptors (Lipinski definition) is 5. The predicted octanol–water partition coefficient (Wildman–Crippen LogP) is 2.32. The molecule has 1 unspecified atom stereocenters. The van der Waals surface area contributed by atoms with Crippen LogP contribution in [0.25, 0.3) is 0 Å². The van der Waals surface area contributed by atoms with Crippen molar-refractivity contribution < 1.29 is 9.84 Å². The lowest BCUT2D eigenvalue weighted by molar-refractivity contribution is 0.199. The van der Waals surface area contributed by atoms with Gasteiger partial charge in [0.1, 0.15) is 10.7 Å². The van der Waals surface area contributed by atoms with Crippen LogP contribution < -0.4 is 4.74 Å². The van der Waals surface area contributed by atoms with Crippen molar-refractivity contribution in [1.82, 2.24) is 14.8 Å². The van der Waals surface area contributed by atoms with E-state index in [1.54, 1.807) is 18.0 Å². The molecule has 0 radical (unpaired) electrons. The van der Waals surface area contributed by atoms with Gasteiger partial charge in [-0.2, -0.15) is 5.10 Å². The summed E-state index contributed by atoms with van der Waals surface area (Å²) in [7, 11) is 1.57. The quantitative estimate of drug-likeness (QED) is 0.923. The highest BCUT2D eigenvalue weighted by Crippen LogP contribution is 2.32. The van der Waals surface area contributed by atoms with Crippen LogP contribution in [0.5, 0.6) is 5.75 Å². The number of methoxy groups -OCH3 is 1. The Bertz CT molecular complexity index is 533. The first-order valence-electron chi connectivity index (χ1n) is 5.76. The number of ether oxygens (including phenoxy) is 1. The van der Waals surface area contributed by atoms with Crippen LogP contribution in [-0.4, -0.2) is 27.0 Å². The molecule has 2 aromatic rings. The van der Waals surface area contributed by atoms with Crippen LogP contribution in [0.2, 0.25) is 0 Å². The predicted molar refractivity (Wildman–Crippen MR) is 70.1 cm³/mol. The fourth-order valence-corrected chi connectivity index (χ4v) is 2.58. The molecule has 1 N–H and O–H groups in total. The van der Waals surface area contributed by atoms with Crippen LogP contribution in [-0.2, 0) is 0 Å². The average molecular weight is 267 g/mol. The Hall–Kier alpha value is -1.40. The molecule has 2 aromatic heterocycles. The summed E-state index contributed by atoms with van der Waals surface area (Å²) < 4.78 is 7.02. The monoisotopic (exact) mass is 267 g/mol. The summed E-state index contributed by atoms with van der Waals surface area (Å²) in [6.07, 6.45) is 0.822. The van der Waals surface area contributed by atoms with Crippen LogP contribution in [0.3, 0.4) is 0 Å². The zero-order valence-corrected chi connectivity index (χ0v) is 11.7. The van der Waals surface area contributed by atoms with Gasteiger partial charge in [-0.3, -0.25) is 4.68 Å². The van der Waals surface area contributed by atoms with Gasteiger partial charge in [0, 0.05) is 17.1 Å². The molecule has 0 saturated heterocycles. The number of aliphatic hydroxyl groups is 1. The Balaban J connectivity index is 2.45. The number of thiazole rings is 1. The van der Waals surface area contributed by atoms with Crippen LogP contribution >= 0.6 is 11.3 Å². The van der Waals surface area contributed by atoms with Crippen molar-refractivity contribution in [3.05, 3.63) is 28.0 Å². The van der Waals surface area contributed by atoms with Gasteiger partial charge in [0.05, 0.1) is 13.3 Å². The summed E-state index contributed by atoms with van der Waals surface area (Å²) in [5.41, 5.74) is 1.56. The number of rotatable bonds is 4. The molecule has 2 heterocycles. The van der Waals surface area contributed by atoms with E-state index >= 15 is 0 Å². The van der Waals surface area contributed by atoms with Crippen LogP contribution in [0.4, 0.5) is 0 Å². The second-order valence-electron chi connectivity index (χ2n) is 4.37. The van der Waals surface area contributed by atoms with Crippen molar-refractivity contribution in [2.45, 2.75) is 32.9 Å². The molecule has 0 aromatic carbocycles. The summed E-state index contributed by atoms with van der Waals surface area (Å²) in [5.74, 6) is 0.587. The fraction of sp³-hybridized carbons (Fsp3) is 0.500. The Morgan fingerprint density at radius 3 is 2.67 bits per heavy atom. The molecule has 0 spiro atoms. The van der Waals surface area contributed by atoms with Crippen molar-refractivity contribution in [2.75, 3.05) is 7.11 Å². The smallest absolute Gasteiger partial charge is 0.163 e. The van der Waals surface area contributed by atoms with E-state index < -0.39 is 6.10 Å². The maximum absolute atomic E-state index is 10.4. The lowest BCUT2D eigenvalue weighted by Gasteiger charge is -2.15. The third-order valence-corrected chi connectivity index (χ3v) is 3.65. The Labute approximate surface area is 110 Å². The molecule has 1 atom stereocenters. The molecule has 0 aliphatic carbocycles. The van der Waals surface area contributed by atoms with Crippen molar-refractivity contribution >= 4 is 11.3 Å². The van der Waals surface area contributed by atoms with Gasteiger partial charge in [0.15, 0.2) is 11.9 Å². The van der Waals surface area contributed by atoms with Crippen LogP contribution in [0.15, 0.2) is 11.6 Å². The van der Waals surface area contributed by atoms with Crippen LogP contribution in [0.1, 0.15) is 42.4 Å². The molecule has 0 saturated carbocycles. The third-order valence-electron chi connectivity index (χ3n) is 2.64. The Kier molecular flexibility index (Phi) is 3.68. The van der Waals surface area contributed by atoms with Gasteiger partial charge >= 0.3 is 0 Å². The summed E-state index contributed by atoms with van der Waals surface area (Å²) in [4.78, 5) is 4.31. The zero-order valence-electron chi connectivity index (χ0n) is 10.9. The highest BCUT2D eigenvalue weighted by atomic mass is 32.1. The molecule has 0 aliphatic heterocycles. The minimum Gasteiger partial charge on any atom is -0.493 e. The molecule has 0 amide bonds. The Morgan fingerprint density at radius 1 is 1.44 bits per heavy atom. The average Bonchev–Trinajstić information content (AvgIpc) is 2.93. The largest absolute Gasteiger partial charge is 0.493 e. The molecule has 98 valence electrons. The maximum Gasteiger partial charge on any atom is 0.163 e. The SMILES string of the molecule is COc1cnn(C(C)C)c1C(O)c1nc(C)cs1. The van der Waals surface area contributed by atoms with Gasteiger partial charge in [-0.1, -0.05) is 0 Å². The van der Waals surface area contributed by atoms with E-state index in [2.05, 4.69) is 10.1 Å². The zero-order chi connectivity index (χ0) is 13.3. The minimum atomic E-state index is -0.802. The van der Waals surface area contributed by atoms with E-state index in [1.807, 2.05) is 26.2 Å². The summed E-state index contributed by atoms with van der Waals surface area (Å²) in [5, 5.41) is 17.3. The molecule has 6 heteroatoms. The molecule has 2 rings (SSSR count). The van der Waals surface area contributed by atoms with Crippen LogP contribution in [0, 0.1) is 6.92 Å². The van der Waals surface area contributed by atoms with E-state index in [0.29, 0.717) is 16.5 Å². The highest BCUT2D eigenvalue weighted by molar-refractivity contribution is 7.09. The van der Waals surface area contributed by atoms with E-state index in [1.165, 1.54) is 11.3 Å². The van der Waals surface area contributed by atoms with Crippen molar-refractivity contribution in [3.8, 4) is 5.75 Å². The first-order valence-corrected chi connectivity index (χ1v) is 6.64. The van der Waals surface area contributed by atoms with Crippen molar-refractivity contribution in [2.24, 2.45) is 0 Å². The number of hydrogen-bond donors (Lipinski definition) is 1. The molecule has 0 aliphatic rings. The number of aromatic nitrogens is 3. The topological polar surface area (TPSA) is 60.2 Å². The number of aliphatic hydroxyl groups excluding tert-OH is 1. The number of aryl methyl sites for hydroxylation is 1. The molecule has 0 bridgehead atoms. The van der Waals surface area contributed by atoms with E-state index in [0.717, 1.165) is 5.69 Å². The second-order valence-corrected chi connectivity index (χ2v) is 5.26. The molecular weight excluding hydrogens is 250 g/mol. The molecule has 18 heavy (non-hydrogen) atoms. The summed E-state index contributed by atoms with van der Waals surface area (Å²) >= 11 is 1.44. The van der Waals surface area contributed by atoms with Gasteiger partial charge in [0.25, 0.3) is 0 Å². The number of nitrogens with zero attached hydrogens (tertiary/aromatic N) is 3. The molecule has 5 nitrogen and oxygen atoms in total. The molecule has 0 fully saturated rings. The summed E-state index contributed by atoms with van der Waals surface area (Å²) in [6, 6.07) is 0.152. The van der Waals surface area contributed by atoms with Crippen molar-refractivity contribution in [1.29, 1.82) is 0 Å². The maximum atomic E-state index is 10.4. The molecular formula is C12H17N3O2S. The Morgan fingerprint density at radius 2 is 2.17 bits per heavy atom. The first-order chi connectivity index (χ1) is 8.54. The second kappa shape index (κ2) is 5.07. The van der Waals surface area contributed by atoms with Gasteiger partial charge < -0.3 is 9.84 Å². The fourth-order valence-electron chi connectivity index (χ4n) is 1.80. The first kappa shape index (κ1) is 13.0.